The van der Waals surface area contributed by atoms with Gasteiger partial charge in [-0.2, -0.15) is 0 Å². The zero-order valence-corrected chi connectivity index (χ0v) is 13.0. The fraction of sp³-hybridized carbons (Fsp3) is 0.895. The lowest BCUT2D eigenvalue weighted by atomic mass is 9.48. The highest BCUT2D eigenvalue weighted by Gasteiger charge is 2.60. The van der Waals surface area contributed by atoms with Crippen molar-refractivity contribution in [2.75, 3.05) is 0 Å². The normalized spacial score (nSPS) is 59.9. The standard InChI is InChI=1S/C19H28O/c1-18-9-3-4-13(18)12-5-6-15-17-16(20-17)8-11-19(15,2)14(12)7-10-18/h6,12-14,16-17H,3-5,7-11H2,1-2H3/t12-,13-,14+,16?,17?,18-,19+/m0/s1. The summed E-state index contributed by atoms with van der Waals surface area (Å²) in [6.45, 7) is 5.19. The summed E-state index contributed by atoms with van der Waals surface area (Å²) < 4.78 is 5.93. The quantitative estimate of drug-likeness (QED) is 0.459. The summed E-state index contributed by atoms with van der Waals surface area (Å²) in [7, 11) is 0. The Kier molecular flexibility index (Phi) is 2.28. The van der Waals surface area contributed by atoms with E-state index in [9.17, 15) is 0 Å². The molecule has 1 heteroatoms. The van der Waals surface area contributed by atoms with Crippen molar-refractivity contribution in [1.82, 2.24) is 0 Å². The van der Waals surface area contributed by atoms with Crippen molar-refractivity contribution >= 4 is 0 Å². The smallest absolute Gasteiger partial charge is 0.106 e. The van der Waals surface area contributed by atoms with Gasteiger partial charge in [-0.05, 0) is 79.1 Å². The summed E-state index contributed by atoms with van der Waals surface area (Å²) in [5, 5.41) is 0. The zero-order chi connectivity index (χ0) is 13.5. The van der Waals surface area contributed by atoms with Crippen LogP contribution in [-0.2, 0) is 4.74 Å². The lowest BCUT2D eigenvalue weighted by Crippen LogP contribution is -2.49. The maximum absolute atomic E-state index is 5.93. The molecule has 4 fully saturated rings. The third-order valence-corrected chi connectivity index (χ3v) is 8.14. The minimum atomic E-state index is 0.491. The molecule has 7 atom stereocenters. The number of fused-ring (bicyclic) bond motifs is 7. The van der Waals surface area contributed by atoms with E-state index in [4.69, 9.17) is 4.74 Å². The van der Waals surface area contributed by atoms with Crippen LogP contribution in [0.5, 0.6) is 0 Å². The molecule has 3 saturated carbocycles. The molecule has 0 spiro atoms. The summed E-state index contributed by atoms with van der Waals surface area (Å²) in [5.74, 6) is 2.97. The second-order valence-corrected chi connectivity index (χ2v) is 8.91. The fourth-order valence-corrected chi connectivity index (χ4v) is 6.96. The van der Waals surface area contributed by atoms with E-state index in [1.54, 1.807) is 5.57 Å². The van der Waals surface area contributed by atoms with Gasteiger partial charge in [-0.3, -0.25) is 0 Å². The van der Waals surface area contributed by atoms with Crippen molar-refractivity contribution in [2.24, 2.45) is 28.6 Å². The molecule has 0 aromatic heterocycles. The number of hydrogen-bond acceptors (Lipinski definition) is 1. The van der Waals surface area contributed by atoms with Crippen molar-refractivity contribution in [2.45, 2.75) is 77.4 Å². The molecule has 1 aliphatic heterocycles. The Bertz CT molecular complexity index is 480. The fourth-order valence-electron chi connectivity index (χ4n) is 6.96. The third-order valence-electron chi connectivity index (χ3n) is 8.14. The number of hydrogen-bond donors (Lipinski definition) is 0. The van der Waals surface area contributed by atoms with E-state index < -0.39 is 0 Å². The van der Waals surface area contributed by atoms with Crippen LogP contribution in [-0.4, -0.2) is 12.2 Å². The van der Waals surface area contributed by atoms with Gasteiger partial charge in [0.15, 0.2) is 0 Å². The van der Waals surface area contributed by atoms with E-state index in [1.807, 2.05) is 0 Å². The molecule has 2 unspecified atom stereocenters. The maximum atomic E-state index is 5.93. The number of allylic oxidation sites excluding steroid dienone is 1. The molecule has 1 nitrogen and oxygen atoms in total. The predicted molar refractivity (Wildman–Crippen MR) is 80.4 cm³/mol. The molecule has 0 N–H and O–H groups in total. The minimum absolute atomic E-state index is 0.491. The molecule has 4 aliphatic carbocycles. The third kappa shape index (κ3) is 1.39. The number of rotatable bonds is 0. The molecule has 20 heavy (non-hydrogen) atoms. The van der Waals surface area contributed by atoms with Gasteiger partial charge < -0.3 is 4.74 Å². The summed E-state index contributed by atoms with van der Waals surface area (Å²) in [6.07, 6.45) is 15.3. The Balaban J connectivity index is 1.54. The lowest BCUT2D eigenvalue weighted by Gasteiger charge is -2.56. The van der Waals surface area contributed by atoms with Crippen molar-refractivity contribution in [3.8, 4) is 0 Å². The summed E-state index contributed by atoms with van der Waals surface area (Å²) >= 11 is 0. The molecule has 5 aliphatic rings. The van der Waals surface area contributed by atoms with E-state index in [1.165, 1.54) is 51.4 Å². The van der Waals surface area contributed by atoms with Gasteiger partial charge in [-0.15, -0.1) is 0 Å². The van der Waals surface area contributed by atoms with Gasteiger partial charge in [0.1, 0.15) is 6.10 Å². The van der Waals surface area contributed by atoms with Gasteiger partial charge in [0, 0.05) is 0 Å². The van der Waals surface area contributed by atoms with E-state index in [-0.39, 0.29) is 0 Å². The summed E-state index contributed by atoms with van der Waals surface area (Å²) in [4.78, 5) is 0. The average Bonchev–Trinajstić information content (AvgIpc) is 3.10. The van der Waals surface area contributed by atoms with Crippen LogP contribution in [0.1, 0.15) is 65.2 Å². The van der Waals surface area contributed by atoms with Crippen molar-refractivity contribution in [1.29, 1.82) is 0 Å². The molecule has 1 saturated heterocycles. The number of epoxide rings is 1. The Hall–Kier alpha value is -0.300. The maximum Gasteiger partial charge on any atom is 0.106 e. The first kappa shape index (κ1) is 12.3. The van der Waals surface area contributed by atoms with E-state index in [0.29, 0.717) is 23.0 Å². The van der Waals surface area contributed by atoms with E-state index >= 15 is 0 Å². The molecular weight excluding hydrogens is 244 g/mol. The Labute approximate surface area is 123 Å². The molecule has 0 aromatic carbocycles. The van der Waals surface area contributed by atoms with E-state index in [2.05, 4.69) is 19.9 Å². The van der Waals surface area contributed by atoms with Crippen LogP contribution in [0.15, 0.2) is 11.6 Å². The second-order valence-electron chi connectivity index (χ2n) is 8.91. The Morgan fingerprint density at radius 1 is 1.05 bits per heavy atom. The SMILES string of the molecule is C[C@@]12CCC[C@H]1[C@@H]1CC=C3C4OC4CC[C@]3(C)[C@@H]1CC2. The van der Waals surface area contributed by atoms with Crippen LogP contribution in [0, 0.1) is 28.6 Å². The van der Waals surface area contributed by atoms with Crippen LogP contribution >= 0.6 is 0 Å². The van der Waals surface area contributed by atoms with Crippen LogP contribution in [0.2, 0.25) is 0 Å². The van der Waals surface area contributed by atoms with Crippen molar-refractivity contribution in [3.63, 3.8) is 0 Å². The molecule has 0 aromatic rings. The minimum Gasteiger partial charge on any atom is -0.365 e. The summed E-state index contributed by atoms with van der Waals surface area (Å²) in [6, 6.07) is 0. The predicted octanol–water partition coefficient (Wildman–Crippen LogP) is 4.72. The largest absolute Gasteiger partial charge is 0.365 e. The van der Waals surface area contributed by atoms with Gasteiger partial charge in [-0.1, -0.05) is 26.3 Å². The van der Waals surface area contributed by atoms with Gasteiger partial charge in [-0.25, -0.2) is 0 Å². The molecule has 0 amide bonds. The van der Waals surface area contributed by atoms with Crippen LogP contribution in [0.25, 0.3) is 0 Å². The lowest BCUT2D eigenvalue weighted by molar-refractivity contribution is -0.0228. The highest BCUT2D eigenvalue weighted by atomic mass is 16.6. The molecule has 1 heterocycles. The van der Waals surface area contributed by atoms with Crippen LogP contribution in [0.3, 0.4) is 0 Å². The molecule has 5 rings (SSSR count). The Morgan fingerprint density at radius 2 is 1.95 bits per heavy atom. The van der Waals surface area contributed by atoms with Crippen LogP contribution in [0.4, 0.5) is 0 Å². The first-order chi connectivity index (χ1) is 9.62. The molecule has 0 radical (unpaired) electrons. The first-order valence-electron chi connectivity index (χ1n) is 8.98. The molecule has 0 bridgehead atoms. The van der Waals surface area contributed by atoms with Gasteiger partial charge in [0.2, 0.25) is 0 Å². The van der Waals surface area contributed by atoms with Crippen molar-refractivity contribution in [3.05, 3.63) is 11.6 Å². The van der Waals surface area contributed by atoms with E-state index in [0.717, 1.165) is 17.8 Å². The zero-order valence-electron chi connectivity index (χ0n) is 13.0. The highest BCUT2D eigenvalue weighted by molar-refractivity contribution is 5.32. The average molecular weight is 272 g/mol. The highest BCUT2D eigenvalue weighted by Crippen LogP contribution is 2.66. The second kappa shape index (κ2) is 3.72. The topological polar surface area (TPSA) is 12.5 Å². The van der Waals surface area contributed by atoms with Gasteiger partial charge in [0.05, 0.1) is 6.10 Å². The monoisotopic (exact) mass is 272 g/mol. The molecular formula is C19H28O. The van der Waals surface area contributed by atoms with Crippen LogP contribution < -0.4 is 0 Å². The first-order valence-corrected chi connectivity index (χ1v) is 8.98. The van der Waals surface area contributed by atoms with Crippen molar-refractivity contribution < 1.29 is 4.74 Å². The van der Waals surface area contributed by atoms with Gasteiger partial charge >= 0.3 is 0 Å². The summed E-state index contributed by atoms with van der Waals surface area (Å²) in [5.41, 5.74) is 2.90. The number of ether oxygens (including phenoxy) is 1. The Morgan fingerprint density at radius 3 is 2.85 bits per heavy atom. The molecule has 110 valence electrons. The van der Waals surface area contributed by atoms with Gasteiger partial charge in [0.25, 0.3) is 0 Å².